The second kappa shape index (κ2) is 15.7. The lowest BCUT2D eigenvalue weighted by Crippen LogP contribution is -2.44. The van der Waals surface area contributed by atoms with Crippen molar-refractivity contribution in [2.45, 2.75) is 30.1 Å². The molecule has 3 aliphatic carbocycles. The monoisotopic (exact) mass is 947 g/mol. The highest BCUT2D eigenvalue weighted by atomic mass is 32.1. The Morgan fingerprint density at radius 2 is 0.740 bits per heavy atom. The zero-order valence-electron chi connectivity index (χ0n) is 40.7. The van der Waals surface area contributed by atoms with Crippen LogP contribution in [0.15, 0.2) is 261 Å². The first-order valence-electron chi connectivity index (χ1n) is 25.6. The summed E-state index contributed by atoms with van der Waals surface area (Å²) in [7, 11) is 0. The predicted molar refractivity (Wildman–Crippen MR) is 306 cm³/mol. The number of benzene rings is 11. The SMILES string of the molecule is CC1(C)c2ccccc2-c2ccc(N(c3ccc(-c4ccc5c(c4)C4(c6ccccc6-5)c5ccccc5C(c5ccccc5)(c5ccccc5)c5ccccc54)cc3)c3ccc4c(c3)sc3ccccc34)cc21. The van der Waals surface area contributed by atoms with Crippen LogP contribution in [-0.2, 0) is 16.2 Å². The molecule has 1 aromatic heterocycles. The van der Waals surface area contributed by atoms with Crippen molar-refractivity contribution in [2.24, 2.45) is 0 Å². The summed E-state index contributed by atoms with van der Waals surface area (Å²) in [5.41, 5.74) is 23.0. The van der Waals surface area contributed by atoms with E-state index in [1.807, 2.05) is 11.3 Å². The Morgan fingerprint density at radius 3 is 1.41 bits per heavy atom. The molecule has 2 heteroatoms. The fourth-order valence-electron chi connectivity index (χ4n) is 13.7. The second-order valence-corrected chi connectivity index (χ2v) is 21.8. The van der Waals surface area contributed by atoms with E-state index in [2.05, 4.69) is 280 Å². The number of hydrogen-bond acceptors (Lipinski definition) is 2. The van der Waals surface area contributed by atoms with Gasteiger partial charge in [0, 0.05) is 42.6 Å². The van der Waals surface area contributed by atoms with Crippen LogP contribution >= 0.6 is 11.3 Å². The van der Waals surface area contributed by atoms with E-state index in [4.69, 9.17) is 0 Å². The van der Waals surface area contributed by atoms with E-state index in [-0.39, 0.29) is 5.41 Å². The molecule has 15 rings (SSSR count). The molecule has 1 heterocycles. The molecule has 0 amide bonds. The van der Waals surface area contributed by atoms with Crippen molar-refractivity contribution >= 4 is 48.6 Å². The minimum Gasteiger partial charge on any atom is -0.310 e. The van der Waals surface area contributed by atoms with E-state index in [9.17, 15) is 0 Å². The van der Waals surface area contributed by atoms with Gasteiger partial charge < -0.3 is 4.90 Å². The highest BCUT2D eigenvalue weighted by Gasteiger charge is 2.56. The number of hydrogen-bond donors (Lipinski definition) is 0. The minimum absolute atomic E-state index is 0.124. The van der Waals surface area contributed by atoms with E-state index in [1.165, 1.54) is 109 Å². The van der Waals surface area contributed by atoms with E-state index < -0.39 is 10.8 Å². The van der Waals surface area contributed by atoms with E-state index in [0.29, 0.717) is 0 Å². The lowest BCUT2D eigenvalue weighted by Gasteiger charge is -2.50. The molecule has 3 aliphatic rings. The Hall–Kier alpha value is -8.56. The van der Waals surface area contributed by atoms with Gasteiger partial charge in [-0.15, -0.1) is 11.3 Å². The van der Waals surface area contributed by atoms with E-state index in [1.54, 1.807) is 0 Å². The van der Waals surface area contributed by atoms with Gasteiger partial charge in [0.05, 0.1) is 10.8 Å². The highest BCUT2D eigenvalue weighted by molar-refractivity contribution is 7.25. The van der Waals surface area contributed by atoms with Gasteiger partial charge in [-0.2, -0.15) is 0 Å². The predicted octanol–water partition coefficient (Wildman–Crippen LogP) is 18.6. The summed E-state index contributed by atoms with van der Waals surface area (Å²) < 4.78 is 2.60. The quantitative estimate of drug-likeness (QED) is 0.161. The normalized spacial score (nSPS) is 14.8. The van der Waals surface area contributed by atoms with Crippen molar-refractivity contribution in [3.8, 4) is 33.4 Å². The van der Waals surface area contributed by atoms with Crippen molar-refractivity contribution in [3.05, 3.63) is 316 Å². The molecule has 73 heavy (non-hydrogen) atoms. The Morgan fingerprint density at radius 1 is 0.288 bits per heavy atom. The molecule has 1 nitrogen and oxygen atoms in total. The number of fused-ring (bicyclic) bond motifs is 15. The largest absolute Gasteiger partial charge is 0.310 e. The van der Waals surface area contributed by atoms with Crippen molar-refractivity contribution in [3.63, 3.8) is 0 Å². The maximum atomic E-state index is 2.52. The fraction of sp³-hybridized carbons (Fsp3) is 0.0704. The van der Waals surface area contributed by atoms with Gasteiger partial charge in [-0.05, 0) is 138 Å². The van der Waals surface area contributed by atoms with Crippen LogP contribution in [0.5, 0.6) is 0 Å². The molecule has 11 aromatic carbocycles. The van der Waals surface area contributed by atoms with E-state index in [0.717, 1.165) is 17.1 Å². The summed E-state index contributed by atoms with van der Waals surface area (Å²) in [5, 5.41) is 2.61. The Labute approximate surface area is 431 Å². The van der Waals surface area contributed by atoms with Gasteiger partial charge in [-0.3, -0.25) is 0 Å². The molecule has 0 saturated heterocycles. The smallest absolute Gasteiger partial charge is 0.0720 e. The van der Waals surface area contributed by atoms with Crippen LogP contribution in [-0.4, -0.2) is 0 Å². The molecule has 0 atom stereocenters. The van der Waals surface area contributed by atoms with Gasteiger partial charge in [0.25, 0.3) is 0 Å². The van der Waals surface area contributed by atoms with Gasteiger partial charge in [0.1, 0.15) is 0 Å². The molecule has 0 N–H and O–H groups in total. The molecule has 0 bridgehead atoms. The van der Waals surface area contributed by atoms with Crippen LogP contribution in [0, 0.1) is 0 Å². The van der Waals surface area contributed by atoms with Crippen LogP contribution in [0.3, 0.4) is 0 Å². The third kappa shape index (κ3) is 5.79. The van der Waals surface area contributed by atoms with Crippen molar-refractivity contribution < 1.29 is 0 Å². The number of thiophene rings is 1. The first kappa shape index (κ1) is 42.2. The average Bonchev–Trinajstić information content (AvgIpc) is 4.06. The number of nitrogens with zero attached hydrogens (tertiary/aromatic N) is 1. The van der Waals surface area contributed by atoms with Gasteiger partial charge in [-0.1, -0.05) is 226 Å². The lowest BCUT2D eigenvalue weighted by molar-refractivity contribution is 0.624. The van der Waals surface area contributed by atoms with Crippen molar-refractivity contribution in [2.75, 3.05) is 4.90 Å². The summed E-state index contributed by atoms with van der Waals surface area (Å²) >= 11 is 1.87. The molecule has 0 fully saturated rings. The van der Waals surface area contributed by atoms with Crippen LogP contribution in [0.4, 0.5) is 17.1 Å². The average molecular weight is 948 g/mol. The Bertz CT molecular complexity index is 4090. The molecule has 12 aromatic rings. The molecule has 0 saturated carbocycles. The van der Waals surface area contributed by atoms with Gasteiger partial charge in [0.15, 0.2) is 0 Å². The lowest BCUT2D eigenvalue weighted by atomic mass is 9.51. The maximum absolute atomic E-state index is 2.52. The van der Waals surface area contributed by atoms with Crippen LogP contribution in [0.1, 0.15) is 69.5 Å². The molecule has 0 aliphatic heterocycles. The molecule has 0 unspecified atom stereocenters. The fourth-order valence-corrected chi connectivity index (χ4v) is 14.8. The summed E-state index contributed by atoms with van der Waals surface area (Å²) in [6.45, 7) is 4.74. The summed E-state index contributed by atoms with van der Waals surface area (Å²) in [5.74, 6) is 0. The molecular weight excluding hydrogens is 899 g/mol. The number of anilines is 3. The summed E-state index contributed by atoms with van der Waals surface area (Å²) in [6.07, 6.45) is 0. The van der Waals surface area contributed by atoms with Crippen LogP contribution in [0.2, 0.25) is 0 Å². The minimum atomic E-state index is -0.564. The van der Waals surface area contributed by atoms with Gasteiger partial charge in [0.2, 0.25) is 0 Å². The standard InChI is InChI=1S/C71H49NS/c1-69(2)59-26-12-9-23-53(59)55-41-38-51(44-65(55)69)72(52-39-42-58-57-25-11-18-32-67(57)73-68(58)45-52)50-36-33-46(34-37-50)47-35-40-56-54-24-10-13-27-60(54)71(66(56)43-47)63-30-16-14-28-61(63)70(48-19-5-3-6-20-48,49-21-7-4-8-22-49)62-29-15-17-31-64(62)71/h3-45H,1-2H3. The third-order valence-corrected chi connectivity index (χ3v) is 18.0. The van der Waals surface area contributed by atoms with E-state index >= 15 is 0 Å². The molecular formula is C71H49NS. The maximum Gasteiger partial charge on any atom is 0.0720 e. The summed E-state index contributed by atoms with van der Waals surface area (Å²) in [6, 6.07) is 98.6. The molecule has 344 valence electrons. The summed E-state index contributed by atoms with van der Waals surface area (Å²) in [4.78, 5) is 2.46. The van der Waals surface area contributed by atoms with Crippen LogP contribution in [0.25, 0.3) is 53.6 Å². The second-order valence-electron chi connectivity index (χ2n) is 20.7. The molecule has 1 spiro atoms. The first-order valence-corrected chi connectivity index (χ1v) is 26.4. The van der Waals surface area contributed by atoms with Gasteiger partial charge >= 0.3 is 0 Å². The number of rotatable bonds is 6. The molecule has 0 radical (unpaired) electrons. The third-order valence-electron chi connectivity index (χ3n) is 16.8. The zero-order valence-corrected chi connectivity index (χ0v) is 41.5. The van der Waals surface area contributed by atoms with Gasteiger partial charge in [-0.25, -0.2) is 0 Å². The zero-order chi connectivity index (χ0) is 48.5. The van der Waals surface area contributed by atoms with Crippen molar-refractivity contribution in [1.29, 1.82) is 0 Å². The van der Waals surface area contributed by atoms with Crippen molar-refractivity contribution in [1.82, 2.24) is 0 Å². The Kier molecular flexibility index (Phi) is 9.08. The first-order chi connectivity index (χ1) is 36.0. The van der Waals surface area contributed by atoms with Crippen LogP contribution < -0.4 is 4.90 Å². The Balaban J connectivity index is 0.906. The topological polar surface area (TPSA) is 3.24 Å². The highest BCUT2D eigenvalue weighted by Crippen LogP contribution is 2.65.